The van der Waals surface area contributed by atoms with Crippen LogP contribution in [-0.2, 0) is 11.2 Å². The molecule has 0 saturated carbocycles. The molecule has 2 aromatic rings. The summed E-state index contributed by atoms with van der Waals surface area (Å²) in [5.74, 6) is -0.112. The van der Waals surface area contributed by atoms with Crippen LogP contribution in [0.4, 0.5) is 5.69 Å². The third-order valence-corrected chi connectivity index (χ3v) is 4.69. The van der Waals surface area contributed by atoms with Crippen molar-refractivity contribution in [3.63, 3.8) is 0 Å². The average molecular weight is 330 g/mol. The van der Waals surface area contributed by atoms with Crippen LogP contribution < -0.4 is 5.32 Å². The number of rotatable bonds is 5. The Morgan fingerprint density at radius 3 is 2.61 bits per heavy atom. The van der Waals surface area contributed by atoms with E-state index < -0.39 is 0 Å². The van der Waals surface area contributed by atoms with Crippen molar-refractivity contribution in [2.24, 2.45) is 0 Å². The van der Waals surface area contributed by atoms with Gasteiger partial charge in [0.1, 0.15) is 5.01 Å². The van der Waals surface area contributed by atoms with Crippen LogP contribution in [0.25, 0.3) is 0 Å². The van der Waals surface area contributed by atoms with Crippen molar-refractivity contribution in [3.8, 4) is 0 Å². The summed E-state index contributed by atoms with van der Waals surface area (Å²) >= 11 is 1.24. The molecule has 0 atom stereocenters. The first kappa shape index (κ1) is 15.6. The van der Waals surface area contributed by atoms with Crippen molar-refractivity contribution in [2.75, 3.05) is 18.4 Å². The summed E-state index contributed by atoms with van der Waals surface area (Å²) in [7, 11) is 0. The Morgan fingerprint density at radius 2 is 1.87 bits per heavy atom. The second-order valence-corrected chi connectivity index (χ2v) is 6.47. The zero-order chi connectivity index (χ0) is 16.1. The molecule has 23 heavy (non-hydrogen) atoms. The summed E-state index contributed by atoms with van der Waals surface area (Å²) in [6, 6.07) is 9.22. The lowest BCUT2D eigenvalue weighted by Gasteiger charge is -2.14. The van der Waals surface area contributed by atoms with Gasteiger partial charge in [-0.25, -0.2) is 0 Å². The van der Waals surface area contributed by atoms with Gasteiger partial charge in [0.05, 0.1) is 0 Å². The van der Waals surface area contributed by atoms with Crippen LogP contribution in [0.1, 0.15) is 34.1 Å². The number of likely N-dealkylation sites (tertiary alicyclic amines) is 1. The number of aryl methyl sites for hydroxylation is 1. The fourth-order valence-electron chi connectivity index (χ4n) is 2.49. The van der Waals surface area contributed by atoms with Crippen molar-refractivity contribution < 1.29 is 9.59 Å². The molecule has 0 radical (unpaired) electrons. The second kappa shape index (κ2) is 7.32. The number of carbonyl (C=O) groups is 2. The second-order valence-electron chi connectivity index (χ2n) is 5.41. The fraction of sp³-hybridized carbons (Fsp3) is 0.375. The summed E-state index contributed by atoms with van der Waals surface area (Å²) in [4.78, 5) is 26.0. The first-order valence-electron chi connectivity index (χ1n) is 7.69. The maximum absolute atomic E-state index is 12.1. The topological polar surface area (TPSA) is 75.2 Å². The molecule has 1 N–H and O–H groups in total. The van der Waals surface area contributed by atoms with Crippen LogP contribution >= 0.6 is 11.3 Å². The molecule has 0 unspecified atom stereocenters. The molecule has 7 heteroatoms. The van der Waals surface area contributed by atoms with Crippen LogP contribution in [0.15, 0.2) is 30.3 Å². The van der Waals surface area contributed by atoms with Gasteiger partial charge in [0.15, 0.2) is 0 Å². The van der Waals surface area contributed by atoms with Crippen LogP contribution in [0, 0.1) is 0 Å². The van der Waals surface area contributed by atoms with Gasteiger partial charge in [0, 0.05) is 31.6 Å². The molecule has 1 aromatic carbocycles. The van der Waals surface area contributed by atoms with E-state index in [2.05, 4.69) is 15.5 Å². The number of nitrogens with zero attached hydrogens (tertiary/aromatic N) is 3. The smallest absolute Gasteiger partial charge is 0.286 e. The standard InChI is InChI=1S/C16H18N4O2S/c21-14(20-10-4-5-11-20)9-8-13-18-19-16(23-13)15(22)17-12-6-2-1-3-7-12/h1-3,6-7H,4-5,8-11H2,(H,17,22). The van der Waals surface area contributed by atoms with E-state index in [1.807, 2.05) is 35.2 Å². The van der Waals surface area contributed by atoms with Gasteiger partial charge in [-0.05, 0) is 25.0 Å². The van der Waals surface area contributed by atoms with Crippen LogP contribution in [0.5, 0.6) is 0 Å². The Labute approximate surface area is 138 Å². The zero-order valence-corrected chi connectivity index (χ0v) is 13.5. The van der Waals surface area contributed by atoms with E-state index in [-0.39, 0.29) is 11.8 Å². The lowest BCUT2D eigenvalue weighted by Crippen LogP contribution is -2.27. The highest BCUT2D eigenvalue weighted by molar-refractivity contribution is 7.13. The largest absolute Gasteiger partial charge is 0.343 e. The van der Waals surface area contributed by atoms with Crippen molar-refractivity contribution in [2.45, 2.75) is 25.7 Å². The third-order valence-electron chi connectivity index (χ3n) is 3.70. The van der Waals surface area contributed by atoms with E-state index in [9.17, 15) is 9.59 Å². The molecule has 0 bridgehead atoms. The first-order chi connectivity index (χ1) is 11.2. The molecule has 1 fully saturated rings. The van der Waals surface area contributed by atoms with E-state index in [1.165, 1.54) is 11.3 Å². The molecule has 6 nitrogen and oxygen atoms in total. The summed E-state index contributed by atoms with van der Waals surface area (Å²) in [5, 5.41) is 11.7. The number of hydrogen-bond acceptors (Lipinski definition) is 5. The number of para-hydroxylation sites is 1. The Hall–Kier alpha value is -2.28. The number of carbonyl (C=O) groups excluding carboxylic acids is 2. The van der Waals surface area contributed by atoms with E-state index >= 15 is 0 Å². The average Bonchev–Trinajstić information content (AvgIpc) is 3.25. The molecule has 0 spiro atoms. The first-order valence-corrected chi connectivity index (χ1v) is 8.50. The highest BCUT2D eigenvalue weighted by Crippen LogP contribution is 2.16. The van der Waals surface area contributed by atoms with Gasteiger partial charge in [-0.3, -0.25) is 9.59 Å². The highest BCUT2D eigenvalue weighted by atomic mass is 32.1. The van der Waals surface area contributed by atoms with E-state index in [0.717, 1.165) is 36.6 Å². The van der Waals surface area contributed by atoms with Crippen LogP contribution in [-0.4, -0.2) is 40.0 Å². The van der Waals surface area contributed by atoms with Crippen molar-refractivity contribution in [3.05, 3.63) is 40.3 Å². The number of nitrogens with one attached hydrogen (secondary N) is 1. The molecular formula is C16H18N4O2S. The molecule has 1 aliphatic heterocycles. The van der Waals surface area contributed by atoms with Crippen LogP contribution in [0.3, 0.4) is 0 Å². The molecule has 2 heterocycles. The maximum Gasteiger partial charge on any atom is 0.286 e. The normalized spacial score (nSPS) is 14.0. The van der Waals surface area contributed by atoms with Gasteiger partial charge in [-0.1, -0.05) is 29.5 Å². The SMILES string of the molecule is O=C(Nc1ccccc1)c1nnc(CCC(=O)N2CCCC2)s1. The molecule has 120 valence electrons. The van der Waals surface area contributed by atoms with Crippen molar-refractivity contribution in [1.82, 2.24) is 15.1 Å². The van der Waals surface area contributed by atoms with Gasteiger partial charge in [-0.15, -0.1) is 10.2 Å². The molecule has 2 amide bonds. The van der Waals surface area contributed by atoms with Gasteiger partial charge in [0.2, 0.25) is 10.9 Å². The molecule has 1 aliphatic rings. The minimum absolute atomic E-state index is 0.160. The number of anilines is 1. The van der Waals surface area contributed by atoms with E-state index in [4.69, 9.17) is 0 Å². The molecule has 3 rings (SSSR count). The lowest BCUT2D eigenvalue weighted by molar-refractivity contribution is -0.130. The number of aromatic nitrogens is 2. The predicted molar refractivity (Wildman–Crippen MR) is 88.4 cm³/mol. The van der Waals surface area contributed by atoms with E-state index in [1.54, 1.807) is 0 Å². The minimum Gasteiger partial charge on any atom is -0.343 e. The molecule has 1 aromatic heterocycles. The summed E-state index contributed by atoms with van der Waals surface area (Å²) in [6.45, 7) is 1.72. The van der Waals surface area contributed by atoms with Gasteiger partial charge in [-0.2, -0.15) is 0 Å². The summed E-state index contributed by atoms with van der Waals surface area (Å²) in [6.07, 6.45) is 3.14. The van der Waals surface area contributed by atoms with E-state index in [0.29, 0.717) is 17.8 Å². The number of amides is 2. The van der Waals surface area contributed by atoms with Crippen LogP contribution in [0.2, 0.25) is 0 Å². The Balaban J connectivity index is 1.53. The van der Waals surface area contributed by atoms with Crippen molar-refractivity contribution >= 4 is 28.8 Å². The zero-order valence-electron chi connectivity index (χ0n) is 12.7. The quantitative estimate of drug-likeness (QED) is 0.913. The minimum atomic E-state index is -0.272. The van der Waals surface area contributed by atoms with Gasteiger partial charge in [0.25, 0.3) is 5.91 Å². The Kier molecular flexibility index (Phi) is 4.97. The van der Waals surface area contributed by atoms with Crippen molar-refractivity contribution in [1.29, 1.82) is 0 Å². The highest BCUT2D eigenvalue weighted by Gasteiger charge is 2.19. The van der Waals surface area contributed by atoms with Gasteiger partial charge < -0.3 is 10.2 Å². The predicted octanol–water partition coefficient (Wildman–Crippen LogP) is 2.35. The number of hydrogen-bond donors (Lipinski definition) is 1. The Bertz CT molecular complexity index is 680. The maximum atomic E-state index is 12.1. The third kappa shape index (κ3) is 4.13. The molecular weight excluding hydrogens is 312 g/mol. The number of benzene rings is 1. The fourth-order valence-corrected chi connectivity index (χ4v) is 3.23. The summed E-state index contributed by atoms with van der Waals surface area (Å²) < 4.78 is 0. The lowest BCUT2D eigenvalue weighted by atomic mass is 10.3. The van der Waals surface area contributed by atoms with Gasteiger partial charge >= 0.3 is 0 Å². The monoisotopic (exact) mass is 330 g/mol. The molecule has 0 aliphatic carbocycles. The molecule has 1 saturated heterocycles. The summed E-state index contributed by atoms with van der Waals surface area (Å²) in [5.41, 5.74) is 0.721. The Morgan fingerprint density at radius 1 is 1.13 bits per heavy atom.